The molecule has 0 aliphatic heterocycles. The monoisotopic (exact) mass is 305 g/mol. The molecule has 4 heteroatoms. The van der Waals surface area contributed by atoms with Gasteiger partial charge < -0.3 is 15.2 Å². The number of aryl methyl sites for hydroxylation is 2. The van der Waals surface area contributed by atoms with E-state index in [0.717, 1.165) is 25.0 Å². The van der Waals surface area contributed by atoms with Crippen molar-refractivity contribution in [3.05, 3.63) is 29.3 Å². The number of benzene rings is 1. The lowest BCUT2D eigenvalue weighted by molar-refractivity contribution is -0.122. The van der Waals surface area contributed by atoms with Gasteiger partial charge in [0.05, 0.1) is 6.61 Å². The summed E-state index contributed by atoms with van der Waals surface area (Å²) in [6, 6.07) is 6.19. The van der Waals surface area contributed by atoms with Gasteiger partial charge in [0.1, 0.15) is 5.75 Å². The number of hydrogen-bond acceptors (Lipinski definition) is 3. The number of aliphatic hydroxyl groups excluding tert-OH is 1. The zero-order valence-electron chi connectivity index (χ0n) is 13.6. The van der Waals surface area contributed by atoms with Crippen molar-refractivity contribution < 1.29 is 14.6 Å². The molecule has 1 aromatic rings. The fourth-order valence-electron chi connectivity index (χ4n) is 2.95. The standard InChI is InChI=1S/C18H27NO3/c1-13-8-9-16(11-14(13)2)22-10-4-7-18(21)19-17-6-3-5-15(17)12-20/h8-9,11,15,17,20H,3-7,10,12H2,1-2H3,(H,19,21)/t15-,17-/m1/s1. The summed E-state index contributed by atoms with van der Waals surface area (Å²) >= 11 is 0. The normalized spacial score (nSPS) is 20.9. The maximum absolute atomic E-state index is 11.9. The first kappa shape index (κ1) is 16.8. The van der Waals surface area contributed by atoms with E-state index in [0.29, 0.717) is 19.4 Å². The van der Waals surface area contributed by atoms with Crippen LogP contribution in [0.1, 0.15) is 43.2 Å². The Morgan fingerprint density at radius 2 is 2.14 bits per heavy atom. The molecule has 0 spiro atoms. The molecule has 22 heavy (non-hydrogen) atoms. The summed E-state index contributed by atoms with van der Waals surface area (Å²) in [6.07, 6.45) is 4.26. The van der Waals surface area contributed by atoms with Crippen LogP contribution in [-0.2, 0) is 4.79 Å². The number of rotatable bonds is 7. The second-order valence-corrected chi connectivity index (χ2v) is 6.25. The summed E-state index contributed by atoms with van der Waals surface area (Å²) in [7, 11) is 0. The largest absolute Gasteiger partial charge is 0.494 e. The topological polar surface area (TPSA) is 58.6 Å². The Balaban J connectivity index is 1.65. The van der Waals surface area contributed by atoms with Crippen LogP contribution in [0.2, 0.25) is 0 Å². The van der Waals surface area contributed by atoms with Gasteiger partial charge in [-0.2, -0.15) is 0 Å². The number of amides is 1. The Morgan fingerprint density at radius 3 is 2.86 bits per heavy atom. The van der Waals surface area contributed by atoms with Gasteiger partial charge in [0.2, 0.25) is 5.91 Å². The summed E-state index contributed by atoms with van der Waals surface area (Å²) in [5, 5.41) is 12.3. The first-order valence-corrected chi connectivity index (χ1v) is 8.20. The van der Waals surface area contributed by atoms with E-state index >= 15 is 0 Å². The van der Waals surface area contributed by atoms with Crippen LogP contribution in [0.4, 0.5) is 0 Å². The molecule has 2 atom stereocenters. The van der Waals surface area contributed by atoms with E-state index in [9.17, 15) is 9.90 Å². The molecule has 0 bridgehead atoms. The number of aliphatic hydroxyl groups is 1. The number of ether oxygens (including phenoxy) is 1. The SMILES string of the molecule is Cc1ccc(OCCCC(=O)N[C@@H]2CCC[C@@H]2CO)cc1C. The Bertz CT molecular complexity index is 501. The summed E-state index contributed by atoms with van der Waals surface area (Å²) in [6.45, 7) is 4.85. The van der Waals surface area contributed by atoms with Gasteiger partial charge in [0, 0.05) is 25.0 Å². The molecule has 0 radical (unpaired) electrons. The predicted molar refractivity (Wildman–Crippen MR) is 87.0 cm³/mol. The molecule has 4 nitrogen and oxygen atoms in total. The Kier molecular flexibility index (Phi) is 6.25. The third-order valence-corrected chi connectivity index (χ3v) is 4.54. The Morgan fingerprint density at radius 1 is 1.32 bits per heavy atom. The van der Waals surface area contributed by atoms with Crippen LogP contribution in [0.15, 0.2) is 18.2 Å². The van der Waals surface area contributed by atoms with E-state index in [1.54, 1.807) is 0 Å². The zero-order chi connectivity index (χ0) is 15.9. The van der Waals surface area contributed by atoms with Crippen LogP contribution in [0.5, 0.6) is 5.75 Å². The van der Waals surface area contributed by atoms with Gasteiger partial charge in [-0.15, -0.1) is 0 Å². The van der Waals surface area contributed by atoms with Crippen molar-refractivity contribution in [2.45, 2.75) is 52.0 Å². The van der Waals surface area contributed by atoms with Gasteiger partial charge in [0.15, 0.2) is 0 Å². The van der Waals surface area contributed by atoms with Gasteiger partial charge in [-0.05, 0) is 56.4 Å². The molecule has 1 aliphatic carbocycles. The van der Waals surface area contributed by atoms with Gasteiger partial charge in [0.25, 0.3) is 0 Å². The molecule has 0 saturated heterocycles. The first-order valence-electron chi connectivity index (χ1n) is 8.20. The number of carbonyl (C=O) groups excluding carboxylic acids is 1. The van der Waals surface area contributed by atoms with E-state index in [4.69, 9.17) is 4.74 Å². The fraction of sp³-hybridized carbons (Fsp3) is 0.611. The highest BCUT2D eigenvalue weighted by molar-refractivity contribution is 5.76. The van der Waals surface area contributed by atoms with Gasteiger partial charge in [-0.3, -0.25) is 4.79 Å². The summed E-state index contributed by atoms with van der Waals surface area (Å²) in [5.74, 6) is 1.16. The fourth-order valence-corrected chi connectivity index (χ4v) is 2.95. The molecule has 1 amide bonds. The molecule has 1 saturated carbocycles. The van der Waals surface area contributed by atoms with Crippen LogP contribution in [0.25, 0.3) is 0 Å². The number of hydrogen-bond donors (Lipinski definition) is 2. The van der Waals surface area contributed by atoms with E-state index in [-0.39, 0.29) is 24.5 Å². The van der Waals surface area contributed by atoms with Crippen molar-refractivity contribution >= 4 is 5.91 Å². The molecule has 0 heterocycles. The lowest BCUT2D eigenvalue weighted by Crippen LogP contribution is -2.38. The molecule has 2 N–H and O–H groups in total. The Labute approximate surface area is 132 Å². The van der Waals surface area contributed by atoms with E-state index in [2.05, 4.69) is 19.2 Å². The average Bonchev–Trinajstić information content (AvgIpc) is 2.94. The van der Waals surface area contributed by atoms with Crippen LogP contribution in [0, 0.1) is 19.8 Å². The van der Waals surface area contributed by atoms with Gasteiger partial charge in [-0.1, -0.05) is 12.5 Å². The van der Waals surface area contributed by atoms with Crippen LogP contribution < -0.4 is 10.1 Å². The number of nitrogens with one attached hydrogen (secondary N) is 1. The molecule has 1 aliphatic rings. The average molecular weight is 305 g/mol. The quantitative estimate of drug-likeness (QED) is 0.762. The summed E-state index contributed by atoms with van der Waals surface area (Å²) < 4.78 is 5.68. The molecule has 2 rings (SSSR count). The maximum atomic E-state index is 11.9. The lowest BCUT2D eigenvalue weighted by Gasteiger charge is -2.19. The van der Waals surface area contributed by atoms with Crippen LogP contribution >= 0.6 is 0 Å². The second-order valence-electron chi connectivity index (χ2n) is 6.25. The van der Waals surface area contributed by atoms with E-state index in [1.807, 2.05) is 18.2 Å². The number of carbonyl (C=O) groups is 1. The smallest absolute Gasteiger partial charge is 0.220 e. The molecular weight excluding hydrogens is 278 g/mol. The van der Waals surface area contributed by atoms with Crippen molar-refractivity contribution in [2.24, 2.45) is 5.92 Å². The third kappa shape index (κ3) is 4.73. The summed E-state index contributed by atoms with van der Waals surface area (Å²) in [5.41, 5.74) is 2.47. The van der Waals surface area contributed by atoms with E-state index in [1.165, 1.54) is 11.1 Å². The first-order chi connectivity index (χ1) is 10.6. The van der Waals surface area contributed by atoms with Crippen molar-refractivity contribution in [2.75, 3.05) is 13.2 Å². The van der Waals surface area contributed by atoms with Crippen molar-refractivity contribution in [1.82, 2.24) is 5.32 Å². The lowest BCUT2D eigenvalue weighted by atomic mass is 10.0. The minimum atomic E-state index is 0.0639. The van der Waals surface area contributed by atoms with Crippen LogP contribution in [-0.4, -0.2) is 30.3 Å². The predicted octanol–water partition coefficient (Wildman–Crippen LogP) is 2.74. The molecule has 1 fully saturated rings. The minimum Gasteiger partial charge on any atom is -0.494 e. The molecule has 1 aromatic carbocycles. The molecule has 0 aromatic heterocycles. The molecule has 0 unspecified atom stereocenters. The molecule has 122 valence electrons. The van der Waals surface area contributed by atoms with Crippen molar-refractivity contribution in [3.8, 4) is 5.75 Å². The van der Waals surface area contributed by atoms with Gasteiger partial charge in [-0.25, -0.2) is 0 Å². The minimum absolute atomic E-state index is 0.0639. The highest BCUT2D eigenvalue weighted by Crippen LogP contribution is 2.25. The highest BCUT2D eigenvalue weighted by Gasteiger charge is 2.27. The van der Waals surface area contributed by atoms with Crippen LogP contribution in [0.3, 0.4) is 0 Å². The third-order valence-electron chi connectivity index (χ3n) is 4.54. The maximum Gasteiger partial charge on any atom is 0.220 e. The Hall–Kier alpha value is -1.55. The molecular formula is C18H27NO3. The van der Waals surface area contributed by atoms with Crippen molar-refractivity contribution in [1.29, 1.82) is 0 Å². The zero-order valence-corrected chi connectivity index (χ0v) is 13.6. The summed E-state index contributed by atoms with van der Waals surface area (Å²) in [4.78, 5) is 11.9. The van der Waals surface area contributed by atoms with Gasteiger partial charge >= 0.3 is 0 Å². The highest BCUT2D eigenvalue weighted by atomic mass is 16.5. The van der Waals surface area contributed by atoms with Crippen molar-refractivity contribution in [3.63, 3.8) is 0 Å². The van der Waals surface area contributed by atoms with E-state index < -0.39 is 0 Å². The second kappa shape index (κ2) is 8.18.